The van der Waals surface area contributed by atoms with Crippen molar-refractivity contribution in [3.8, 4) is 11.5 Å². The molecule has 2 heterocycles. The first-order valence-corrected chi connectivity index (χ1v) is 14.1. The number of hydrogen-bond acceptors (Lipinski definition) is 8. The largest absolute Gasteiger partial charge is 0.495 e. The minimum Gasteiger partial charge on any atom is -0.495 e. The first-order valence-electron chi connectivity index (χ1n) is 13.3. The van der Waals surface area contributed by atoms with Gasteiger partial charge in [-0.1, -0.05) is 36.2 Å². The number of likely N-dealkylation sites (N-methyl/N-ethyl adjacent to an activating group) is 1. The van der Waals surface area contributed by atoms with E-state index in [9.17, 15) is 18.0 Å². The molecule has 0 unspecified atom stereocenters. The van der Waals surface area contributed by atoms with Crippen LogP contribution in [0, 0.1) is 0 Å². The Morgan fingerprint density at radius 2 is 1.63 bits per heavy atom. The van der Waals surface area contributed by atoms with Crippen molar-refractivity contribution in [2.45, 2.75) is 19.6 Å². The number of alkyl halides is 3. The number of urea groups is 1. The van der Waals surface area contributed by atoms with Gasteiger partial charge in [-0.05, 0) is 24.2 Å². The van der Waals surface area contributed by atoms with E-state index < -0.39 is 17.8 Å². The quantitative estimate of drug-likeness (QED) is 0.278. The van der Waals surface area contributed by atoms with Gasteiger partial charge in [0.05, 0.1) is 25.5 Å². The Labute approximate surface area is 257 Å². The Morgan fingerprint density at radius 1 is 1.00 bits per heavy atom. The monoisotopic (exact) mass is 641 g/mol. The van der Waals surface area contributed by atoms with Crippen LogP contribution < -0.4 is 25.0 Å². The Balaban J connectivity index is 1.51. The van der Waals surface area contributed by atoms with Crippen LogP contribution in [0.15, 0.2) is 36.7 Å². The molecule has 3 aromatic rings. The van der Waals surface area contributed by atoms with E-state index in [1.54, 1.807) is 6.07 Å². The molecule has 15 heteroatoms. The van der Waals surface area contributed by atoms with Crippen LogP contribution in [-0.4, -0.2) is 79.8 Å². The second-order valence-electron chi connectivity index (χ2n) is 9.74. The van der Waals surface area contributed by atoms with Crippen LogP contribution in [0.5, 0.6) is 11.5 Å². The minimum atomic E-state index is -4.54. The Bertz CT molecular complexity index is 1430. The van der Waals surface area contributed by atoms with E-state index in [0.29, 0.717) is 13.1 Å². The number of amides is 2. The Morgan fingerprint density at radius 3 is 2.21 bits per heavy atom. The van der Waals surface area contributed by atoms with Gasteiger partial charge in [-0.25, -0.2) is 14.8 Å². The normalized spacial score (nSPS) is 14.3. The maximum atomic E-state index is 14.1. The van der Waals surface area contributed by atoms with Crippen molar-refractivity contribution in [3.63, 3.8) is 0 Å². The second kappa shape index (κ2) is 13.8. The van der Waals surface area contributed by atoms with Crippen LogP contribution in [0.4, 0.5) is 41.0 Å². The van der Waals surface area contributed by atoms with Gasteiger partial charge in [0, 0.05) is 57.6 Å². The lowest BCUT2D eigenvalue weighted by Gasteiger charge is -2.34. The van der Waals surface area contributed by atoms with Crippen molar-refractivity contribution in [2.24, 2.45) is 0 Å². The van der Waals surface area contributed by atoms with Crippen LogP contribution in [-0.2, 0) is 12.7 Å². The number of carbonyl (C=O) groups is 1. The van der Waals surface area contributed by atoms with Crippen LogP contribution >= 0.6 is 23.2 Å². The third kappa shape index (κ3) is 7.71. The molecule has 0 bridgehead atoms. The van der Waals surface area contributed by atoms with E-state index in [1.165, 1.54) is 45.8 Å². The number of ether oxygens (including phenoxy) is 2. The molecule has 1 aromatic heterocycles. The smallest absolute Gasteiger partial charge is 0.416 e. The molecule has 2 amide bonds. The number of aromatic nitrogens is 2. The van der Waals surface area contributed by atoms with E-state index in [4.69, 9.17) is 32.7 Å². The summed E-state index contributed by atoms with van der Waals surface area (Å²) in [7, 11) is 4.25. The summed E-state index contributed by atoms with van der Waals surface area (Å²) in [6.45, 7) is 6.27. The zero-order chi connectivity index (χ0) is 31.3. The highest BCUT2D eigenvalue weighted by Gasteiger charge is 2.34. The van der Waals surface area contributed by atoms with E-state index in [1.807, 2.05) is 4.90 Å². The van der Waals surface area contributed by atoms with Gasteiger partial charge in [0.1, 0.15) is 39.5 Å². The maximum Gasteiger partial charge on any atom is 0.416 e. The number of benzene rings is 2. The van der Waals surface area contributed by atoms with Crippen molar-refractivity contribution in [2.75, 3.05) is 69.5 Å². The van der Waals surface area contributed by atoms with E-state index in [2.05, 4.69) is 32.4 Å². The average molecular weight is 643 g/mol. The molecule has 232 valence electrons. The number of piperazine rings is 1. The molecule has 2 aromatic carbocycles. The zero-order valence-electron chi connectivity index (χ0n) is 24.1. The molecule has 0 aliphatic carbocycles. The SMILES string of the molecule is CCN1CCN(Cc2ccc(Nc3cc(N(C)C(=O)Nc4c(Cl)c(OC)cc(OC)c4Cl)ncn3)cc2C(F)(F)F)CC1. The maximum absolute atomic E-state index is 14.1. The van der Waals surface area contributed by atoms with Gasteiger partial charge >= 0.3 is 12.2 Å². The van der Waals surface area contributed by atoms with Crippen LogP contribution in [0.2, 0.25) is 10.0 Å². The summed E-state index contributed by atoms with van der Waals surface area (Å²) in [4.78, 5) is 26.8. The number of halogens is 5. The fourth-order valence-electron chi connectivity index (χ4n) is 4.60. The van der Waals surface area contributed by atoms with Gasteiger partial charge in [0.15, 0.2) is 0 Å². The topological polar surface area (TPSA) is 95.1 Å². The Kier molecular flexibility index (Phi) is 10.4. The molecule has 43 heavy (non-hydrogen) atoms. The van der Waals surface area contributed by atoms with Gasteiger partial charge < -0.3 is 25.0 Å². The van der Waals surface area contributed by atoms with Crippen LogP contribution in [0.3, 0.4) is 0 Å². The summed E-state index contributed by atoms with van der Waals surface area (Å²) in [5.41, 5.74) is -0.264. The lowest BCUT2D eigenvalue weighted by atomic mass is 10.0. The number of hydrogen-bond donors (Lipinski definition) is 2. The number of nitrogens with one attached hydrogen (secondary N) is 2. The summed E-state index contributed by atoms with van der Waals surface area (Å²) < 4.78 is 52.6. The highest BCUT2D eigenvalue weighted by Crippen LogP contribution is 2.44. The third-order valence-corrected chi connectivity index (χ3v) is 7.85. The van der Waals surface area contributed by atoms with Crippen LogP contribution in [0.1, 0.15) is 18.1 Å². The molecule has 1 fully saturated rings. The predicted octanol–water partition coefficient (Wildman–Crippen LogP) is 6.37. The summed E-state index contributed by atoms with van der Waals surface area (Å²) >= 11 is 12.7. The Hall–Kier alpha value is -3.52. The molecule has 1 saturated heterocycles. The van der Waals surface area contributed by atoms with Crippen LogP contribution in [0.25, 0.3) is 0 Å². The zero-order valence-corrected chi connectivity index (χ0v) is 25.6. The number of nitrogens with zero attached hydrogens (tertiary/aromatic N) is 5. The molecule has 2 N–H and O–H groups in total. The summed E-state index contributed by atoms with van der Waals surface area (Å²) in [6.07, 6.45) is -3.36. The molecule has 1 aliphatic rings. The molecular weight excluding hydrogens is 610 g/mol. The first-order chi connectivity index (χ1) is 20.4. The van der Waals surface area contributed by atoms with Crippen molar-refractivity contribution in [3.05, 3.63) is 57.8 Å². The number of anilines is 4. The van der Waals surface area contributed by atoms with Crippen molar-refractivity contribution in [1.82, 2.24) is 19.8 Å². The summed E-state index contributed by atoms with van der Waals surface area (Å²) in [5.74, 6) is 0.798. The second-order valence-corrected chi connectivity index (χ2v) is 10.5. The molecule has 1 aliphatic heterocycles. The lowest BCUT2D eigenvalue weighted by molar-refractivity contribution is -0.138. The number of carbonyl (C=O) groups excluding carboxylic acids is 1. The van der Waals surface area contributed by atoms with Crippen molar-refractivity contribution in [1.29, 1.82) is 0 Å². The van der Waals surface area contributed by atoms with Gasteiger partial charge in [-0.15, -0.1) is 0 Å². The summed E-state index contributed by atoms with van der Waals surface area (Å²) in [5, 5.41) is 5.63. The third-order valence-electron chi connectivity index (χ3n) is 7.10. The van der Waals surface area contributed by atoms with Gasteiger partial charge in [0.25, 0.3) is 0 Å². The average Bonchev–Trinajstić information content (AvgIpc) is 2.99. The highest BCUT2D eigenvalue weighted by molar-refractivity contribution is 6.41. The van der Waals surface area contributed by atoms with E-state index in [-0.39, 0.29) is 56.7 Å². The van der Waals surface area contributed by atoms with Crippen molar-refractivity contribution < 1.29 is 27.4 Å². The molecule has 0 radical (unpaired) electrons. The first kappa shape index (κ1) is 32.4. The highest BCUT2D eigenvalue weighted by atomic mass is 35.5. The van der Waals surface area contributed by atoms with E-state index in [0.717, 1.165) is 30.6 Å². The summed E-state index contributed by atoms with van der Waals surface area (Å²) in [6, 6.07) is 6.36. The fourth-order valence-corrected chi connectivity index (χ4v) is 5.19. The minimum absolute atomic E-state index is 0.0622. The molecule has 10 nitrogen and oxygen atoms in total. The fraction of sp³-hybridized carbons (Fsp3) is 0.393. The van der Waals surface area contributed by atoms with Gasteiger partial charge in [0.2, 0.25) is 0 Å². The standard InChI is InChI=1S/C28H32Cl2F3N7O3/c1-5-39-8-10-40(11-9-39)15-17-6-7-18(12-19(17)28(31,32)33)36-22-14-23(35-16-34-22)38(2)27(41)37-26-24(29)20(42-3)13-21(43-4)25(26)30/h6-7,12-14,16H,5,8-11,15H2,1-4H3,(H,37,41)(H,34,35,36). The number of methoxy groups -OCH3 is 2. The predicted molar refractivity (Wildman–Crippen MR) is 161 cm³/mol. The van der Waals surface area contributed by atoms with Gasteiger partial charge in [-0.3, -0.25) is 9.80 Å². The molecular formula is C28H32Cl2F3N7O3. The molecule has 0 saturated carbocycles. The van der Waals surface area contributed by atoms with Gasteiger partial charge in [-0.2, -0.15) is 13.2 Å². The molecule has 0 atom stereocenters. The van der Waals surface area contributed by atoms with E-state index >= 15 is 0 Å². The lowest BCUT2D eigenvalue weighted by Crippen LogP contribution is -2.45. The van der Waals surface area contributed by atoms with Crippen molar-refractivity contribution >= 4 is 52.2 Å². The molecule has 4 rings (SSSR count). The number of rotatable bonds is 9. The molecule has 0 spiro atoms.